The fourth-order valence-corrected chi connectivity index (χ4v) is 2.43. The molecule has 0 saturated carbocycles. The monoisotopic (exact) mass is 217 g/mol. The van der Waals surface area contributed by atoms with E-state index in [1.54, 1.807) is 6.92 Å². The van der Waals surface area contributed by atoms with E-state index in [1.165, 1.54) is 12.8 Å². The normalized spacial score (nSPS) is 20.1. The summed E-state index contributed by atoms with van der Waals surface area (Å²) in [6, 6.07) is 7.94. The van der Waals surface area contributed by atoms with Crippen LogP contribution in [0.2, 0.25) is 0 Å². The average Bonchev–Trinajstić information content (AvgIpc) is 2.77. The third-order valence-electron chi connectivity index (χ3n) is 3.49. The highest BCUT2D eigenvalue weighted by Gasteiger charge is 2.23. The van der Waals surface area contributed by atoms with Crippen LogP contribution in [0.3, 0.4) is 0 Å². The van der Waals surface area contributed by atoms with Crippen LogP contribution in [0.5, 0.6) is 0 Å². The number of carbonyl (C=O) groups is 1. The third-order valence-corrected chi connectivity index (χ3v) is 3.49. The average molecular weight is 217 g/mol. The Morgan fingerprint density at radius 2 is 2.19 bits per heavy atom. The molecule has 0 aliphatic carbocycles. The van der Waals surface area contributed by atoms with Crippen molar-refractivity contribution in [1.82, 2.24) is 0 Å². The summed E-state index contributed by atoms with van der Waals surface area (Å²) in [6.07, 6.45) is 2.49. The van der Waals surface area contributed by atoms with Crippen LogP contribution in [0, 0.1) is 5.92 Å². The zero-order valence-electron chi connectivity index (χ0n) is 10.1. The molecule has 1 unspecified atom stereocenters. The molecule has 0 amide bonds. The fourth-order valence-electron chi connectivity index (χ4n) is 2.43. The summed E-state index contributed by atoms with van der Waals surface area (Å²) in [5.74, 6) is 0.954. The molecule has 1 fully saturated rings. The van der Waals surface area contributed by atoms with Gasteiger partial charge in [0, 0.05) is 24.3 Å². The van der Waals surface area contributed by atoms with Gasteiger partial charge in [0.2, 0.25) is 0 Å². The van der Waals surface area contributed by atoms with E-state index in [1.807, 2.05) is 18.2 Å². The van der Waals surface area contributed by atoms with E-state index in [-0.39, 0.29) is 5.78 Å². The van der Waals surface area contributed by atoms with Crippen LogP contribution in [0.1, 0.15) is 37.0 Å². The third kappa shape index (κ3) is 2.11. The molecular weight excluding hydrogens is 198 g/mol. The first-order valence-corrected chi connectivity index (χ1v) is 6.07. The lowest BCUT2D eigenvalue weighted by molar-refractivity contribution is 0.101. The van der Waals surface area contributed by atoms with Gasteiger partial charge in [-0.25, -0.2) is 0 Å². The van der Waals surface area contributed by atoms with Crippen molar-refractivity contribution >= 4 is 11.5 Å². The van der Waals surface area contributed by atoms with Crippen LogP contribution in [-0.2, 0) is 0 Å². The largest absolute Gasteiger partial charge is 0.371 e. The molecule has 1 aliphatic heterocycles. The molecule has 1 aromatic carbocycles. The second-order valence-electron chi connectivity index (χ2n) is 4.58. The molecule has 2 heteroatoms. The zero-order chi connectivity index (χ0) is 11.5. The van der Waals surface area contributed by atoms with Crippen LogP contribution >= 0.6 is 0 Å². The molecule has 0 radical (unpaired) electrons. The summed E-state index contributed by atoms with van der Waals surface area (Å²) >= 11 is 0. The maximum Gasteiger partial charge on any atom is 0.161 e. The van der Waals surface area contributed by atoms with E-state index in [4.69, 9.17) is 0 Å². The predicted molar refractivity (Wildman–Crippen MR) is 67.1 cm³/mol. The highest BCUT2D eigenvalue weighted by Crippen LogP contribution is 2.28. The van der Waals surface area contributed by atoms with E-state index >= 15 is 0 Å². The van der Waals surface area contributed by atoms with Crippen LogP contribution in [0.4, 0.5) is 5.69 Å². The SMILES string of the molecule is CCC1CCN(c2ccccc2C(C)=O)C1. The molecule has 1 saturated heterocycles. The maximum atomic E-state index is 11.5. The van der Waals surface area contributed by atoms with Gasteiger partial charge in [-0.05, 0) is 31.4 Å². The number of anilines is 1. The summed E-state index contributed by atoms with van der Waals surface area (Å²) < 4.78 is 0. The van der Waals surface area contributed by atoms with Gasteiger partial charge in [-0.3, -0.25) is 4.79 Å². The number of benzene rings is 1. The maximum absolute atomic E-state index is 11.5. The van der Waals surface area contributed by atoms with Crippen LogP contribution in [-0.4, -0.2) is 18.9 Å². The van der Waals surface area contributed by atoms with Crippen molar-refractivity contribution < 1.29 is 4.79 Å². The first kappa shape index (κ1) is 11.2. The minimum Gasteiger partial charge on any atom is -0.371 e. The van der Waals surface area contributed by atoms with Gasteiger partial charge in [-0.1, -0.05) is 25.5 Å². The molecule has 1 aromatic rings. The van der Waals surface area contributed by atoms with Crippen molar-refractivity contribution in [2.45, 2.75) is 26.7 Å². The Bertz CT molecular complexity index is 386. The van der Waals surface area contributed by atoms with Gasteiger partial charge in [-0.2, -0.15) is 0 Å². The van der Waals surface area contributed by atoms with E-state index < -0.39 is 0 Å². The number of carbonyl (C=O) groups excluding carboxylic acids is 1. The minimum atomic E-state index is 0.163. The Hall–Kier alpha value is -1.31. The lowest BCUT2D eigenvalue weighted by atomic mass is 10.1. The molecule has 0 N–H and O–H groups in total. The minimum absolute atomic E-state index is 0.163. The topological polar surface area (TPSA) is 20.3 Å². The van der Waals surface area contributed by atoms with Gasteiger partial charge < -0.3 is 4.90 Å². The molecule has 16 heavy (non-hydrogen) atoms. The van der Waals surface area contributed by atoms with E-state index in [9.17, 15) is 4.79 Å². The van der Waals surface area contributed by atoms with Gasteiger partial charge >= 0.3 is 0 Å². The van der Waals surface area contributed by atoms with Crippen LogP contribution in [0.25, 0.3) is 0 Å². The van der Waals surface area contributed by atoms with Crippen molar-refractivity contribution in [2.24, 2.45) is 5.92 Å². The Labute approximate surface area is 97.3 Å². The van der Waals surface area contributed by atoms with E-state index in [0.29, 0.717) is 0 Å². The number of ketones is 1. The quantitative estimate of drug-likeness (QED) is 0.725. The fraction of sp³-hybridized carbons (Fsp3) is 0.500. The summed E-state index contributed by atoms with van der Waals surface area (Å²) in [7, 11) is 0. The van der Waals surface area contributed by atoms with Crippen LogP contribution in [0.15, 0.2) is 24.3 Å². The van der Waals surface area contributed by atoms with Gasteiger partial charge in [0.15, 0.2) is 5.78 Å². The molecule has 0 spiro atoms. The molecular formula is C14H19NO. The summed E-state index contributed by atoms with van der Waals surface area (Å²) in [4.78, 5) is 13.9. The highest BCUT2D eigenvalue weighted by atomic mass is 16.1. The van der Waals surface area contributed by atoms with Crippen molar-refractivity contribution in [2.75, 3.05) is 18.0 Å². The molecule has 2 rings (SSSR count). The first-order chi connectivity index (χ1) is 7.72. The molecule has 0 aromatic heterocycles. The number of para-hydroxylation sites is 1. The summed E-state index contributed by atoms with van der Waals surface area (Å²) in [5, 5.41) is 0. The lowest BCUT2D eigenvalue weighted by Crippen LogP contribution is -2.21. The molecule has 1 heterocycles. The predicted octanol–water partition coefficient (Wildman–Crippen LogP) is 3.13. The number of rotatable bonds is 3. The number of Topliss-reactive ketones (excluding diaryl/α,β-unsaturated/α-hetero) is 1. The van der Waals surface area contributed by atoms with Gasteiger partial charge in [0.25, 0.3) is 0 Å². The van der Waals surface area contributed by atoms with Crippen LogP contribution < -0.4 is 4.90 Å². The second kappa shape index (κ2) is 4.69. The smallest absolute Gasteiger partial charge is 0.161 e. The van der Waals surface area contributed by atoms with Gasteiger partial charge in [-0.15, -0.1) is 0 Å². The molecule has 1 aliphatic rings. The molecule has 0 bridgehead atoms. The number of nitrogens with zero attached hydrogens (tertiary/aromatic N) is 1. The van der Waals surface area contributed by atoms with E-state index in [0.717, 1.165) is 30.3 Å². The van der Waals surface area contributed by atoms with Gasteiger partial charge in [0.05, 0.1) is 0 Å². The molecule has 2 nitrogen and oxygen atoms in total. The standard InChI is InChI=1S/C14H19NO/c1-3-12-8-9-15(10-12)14-7-5-4-6-13(14)11(2)16/h4-7,12H,3,8-10H2,1-2H3. The highest BCUT2D eigenvalue weighted by molar-refractivity contribution is 5.99. The van der Waals surface area contributed by atoms with Crippen molar-refractivity contribution in [3.8, 4) is 0 Å². The Kier molecular flexibility index (Phi) is 3.28. The van der Waals surface area contributed by atoms with Crippen molar-refractivity contribution in [3.05, 3.63) is 29.8 Å². The molecule has 1 atom stereocenters. The van der Waals surface area contributed by atoms with Crippen molar-refractivity contribution in [1.29, 1.82) is 0 Å². The second-order valence-corrected chi connectivity index (χ2v) is 4.58. The number of hydrogen-bond acceptors (Lipinski definition) is 2. The van der Waals surface area contributed by atoms with Gasteiger partial charge in [0.1, 0.15) is 0 Å². The Balaban J connectivity index is 2.24. The lowest BCUT2D eigenvalue weighted by Gasteiger charge is -2.21. The number of hydrogen-bond donors (Lipinski definition) is 0. The first-order valence-electron chi connectivity index (χ1n) is 6.07. The summed E-state index contributed by atoms with van der Waals surface area (Å²) in [5.41, 5.74) is 1.98. The Morgan fingerprint density at radius 1 is 1.44 bits per heavy atom. The van der Waals surface area contributed by atoms with E-state index in [2.05, 4.69) is 17.9 Å². The Morgan fingerprint density at radius 3 is 2.81 bits per heavy atom. The summed E-state index contributed by atoms with van der Waals surface area (Å²) in [6.45, 7) is 6.07. The van der Waals surface area contributed by atoms with Crippen molar-refractivity contribution in [3.63, 3.8) is 0 Å². The molecule has 86 valence electrons. The zero-order valence-corrected chi connectivity index (χ0v) is 10.1.